The number of aromatic nitrogens is 1. The number of carbonyl (C=O) groups excluding carboxylic acids is 4. The molecule has 0 spiro atoms. The molecule has 0 bridgehead atoms. The van der Waals surface area contributed by atoms with Gasteiger partial charge in [-0.2, -0.15) is 0 Å². The molecule has 34 heavy (non-hydrogen) atoms. The number of amides is 4. The first-order chi connectivity index (χ1) is 16.2. The van der Waals surface area contributed by atoms with Gasteiger partial charge in [-0.15, -0.1) is 0 Å². The van der Waals surface area contributed by atoms with Crippen molar-refractivity contribution < 1.29 is 23.6 Å². The lowest BCUT2D eigenvalue weighted by molar-refractivity contribution is -0.132. The van der Waals surface area contributed by atoms with Crippen LogP contribution in [0.2, 0.25) is 0 Å². The average Bonchev–Trinajstić information content (AvgIpc) is 3.18. The molecular formula is C24H26FN5O4. The number of primary amides is 1. The molecule has 3 rings (SSSR count). The van der Waals surface area contributed by atoms with Crippen LogP contribution < -0.4 is 21.7 Å². The van der Waals surface area contributed by atoms with E-state index in [1.807, 2.05) is 6.07 Å². The highest BCUT2D eigenvalue weighted by Gasteiger charge is 2.27. The van der Waals surface area contributed by atoms with E-state index in [0.717, 1.165) is 5.56 Å². The Morgan fingerprint density at radius 2 is 1.68 bits per heavy atom. The summed E-state index contributed by atoms with van der Waals surface area (Å²) in [6, 6.07) is 11.2. The second kappa shape index (κ2) is 11.1. The van der Waals surface area contributed by atoms with Crippen LogP contribution in [0.25, 0.3) is 10.9 Å². The fraction of sp³-hybridized carbons (Fsp3) is 0.250. The van der Waals surface area contributed by atoms with Gasteiger partial charge in [0, 0.05) is 36.9 Å². The number of halogens is 1. The van der Waals surface area contributed by atoms with Crippen molar-refractivity contribution in [2.75, 3.05) is 6.54 Å². The summed E-state index contributed by atoms with van der Waals surface area (Å²) in [5.74, 6) is -2.78. The number of hydrogen-bond donors (Lipinski definition) is 5. The van der Waals surface area contributed by atoms with Gasteiger partial charge in [-0.25, -0.2) is 4.39 Å². The minimum Gasteiger partial charge on any atom is -0.368 e. The topological polar surface area (TPSA) is 146 Å². The van der Waals surface area contributed by atoms with Crippen molar-refractivity contribution in [1.82, 2.24) is 20.9 Å². The van der Waals surface area contributed by atoms with Crippen molar-refractivity contribution in [3.05, 3.63) is 71.7 Å². The molecule has 0 aliphatic rings. The highest BCUT2D eigenvalue weighted by atomic mass is 19.1. The van der Waals surface area contributed by atoms with Crippen molar-refractivity contribution in [3.8, 4) is 0 Å². The number of rotatable bonds is 10. The quantitative estimate of drug-likeness (QED) is 0.298. The highest BCUT2D eigenvalue weighted by molar-refractivity contribution is 5.94. The van der Waals surface area contributed by atoms with E-state index < -0.39 is 41.5 Å². The van der Waals surface area contributed by atoms with Crippen LogP contribution in [-0.4, -0.2) is 47.2 Å². The summed E-state index contributed by atoms with van der Waals surface area (Å²) in [6.07, 6.45) is 1.87. The van der Waals surface area contributed by atoms with Gasteiger partial charge in [0.05, 0.1) is 6.54 Å². The van der Waals surface area contributed by atoms with Crippen LogP contribution in [0.15, 0.2) is 54.7 Å². The van der Waals surface area contributed by atoms with E-state index in [1.165, 1.54) is 19.1 Å². The lowest BCUT2D eigenvalue weighted by atomic mass is 10.0. The van der Waals surface area contributed by atoms with Gasteiger partial charge in [-0.05, 0) is 29.3 Å². The van der Waals surface area contributed by atoms with E-state index in [-0.39, 0.29) is 19.4 Å². The Morgan fingerprint density at radius 1 is 0.971 bits per heavy atom. The molecule has 6 N–H and O–H groups in total. The number of fused-ring (bicyclic) bond motifs is 1. The summed E-state index contributed by atoms with van der Waals surface area (Å²) >= 11 is 0. The van der Waals surface area contributed by atoms with Crippen LogP contribution in [0.1, 0.15) is 18.1 Å². The third kappa shape index (κ3) is 6.64. The molecule has 4 amide bonds. The fourth-order valence-electron chi connectivity index (χ4n) is 3.62. The number of benzene rings is 2. The molecule has 1 aromatic heterocycles. The lowest BCUT2D eigenvalue weighted by Crippen LogP contribution is -2.55. The van der Waals surface area contributed by atoms with Crippen molar-refractivity contribution in [2.45, 2.75) is 31.8 Å². The van der Waals surface area contributed by atoms with E-state index in [0.29, 0.717) is 16.5 Å². The second-order valence-electron chi connectivity index (χ2n) is 7.90. The standard InChI is InChI=1S/C24H26FN5O4/c1-14(31)29-21(10-16-12-27-19-8-7-17(25)11-18(16)19)24(34)30-20(23(33)28-13-22(26)32)9-15-5-3-2-4-6-15/h2-8,11-12,20-21,27H,9-10,13H2,1H3,(H2,26,32)(H,28,33)(H,29,31)(H,30,34)/t20-,21+/m0/s1. The van der Waals surface area contributed by atoms with Gasteiger partial charge >= 0.3 is 0 Å². The van der Waals surface area contributed by atoms with Crippen molar-refractivity contribution in [1.29, 1.82) is 0 Å². The first kappa shape index (κ1) is 24.4. The van der Waals surface area contributed by atoms with Crippen molar-refractivity contribution in [3.63, 3.8) is 0 Å². The van der Waals surface area contributed by atoms with Crippen molar-refractivity contribution in [2.24, 2.45) is 5.73 Å². The van der Waals surface area contributed by atoms with Gasteiger partial charge in [-0.3, -0.25) is 19.2 Å². The van der Waals surface area contributed by atoms with Gasteiger partial charge in [0.25, 0.3) is 0 Å². The van der Waals surface area contributed by atoms with Crippen LogP contribution in [0.4, 0.5) is 4.39 Å². The second-order valence-corrected chi connectivity index (χ2v) is 7.90. The minimum atomic E-state index is -1.03. The van der Waals surface area contributed by atoms with E-state index in [4.69, 9.17) is 5.73 Å². The molecule has 0 radical (unpaired) electrons. The van der Waals surface area contributed by atoms with Crippen LogP contribution in [-0.2, 0) is 32.0 Å². The summed E-state index contributed by atoms with van der Waals surface area (Å²) in [5.41, 5.74) is 7.21. The number of aromatic amines is 1. The van der Waals surface area contributed by atoms with Crippen LogP contribution in [0, 0.1) is 5.82 Å². The first-order valence-corrected chi connectivity index (χ1v) is 10.7. The maximum absolute atomic E-state index is 13.8. The molecule has 9 nitrogen and oxygen atoms in total. The zero-order valence-corrected chi connectivity index (χ0v) is 18.6. The largest absolute Gasteiger partial charge is 0.368 e. The molecule has 2 aromatic carbocycles. The van der Waals surface area contributed by atoms with E-state index in [2.05, 4.69) is 20.9 Å². The molecule has 0 unspecified atom stereocenters. The number of hydrogen-bond acceptors (Lipinski definition) is 4. The molecule has 2 atom stereocenters. The number of nitrogens with one attached hydrogen (secondary N) is 4. The molecule has 1 heterocycles. The van der Waals surface area contributed by atoms with E-state index in [1.54, 1.807) is 36.5 Å². The molecule has 0 saturated heterocycles. The molecular weight excluding hydrogens is 441 g/mol. The van der Waals surface area contributed by atoms with Gasteiger partial charge in [0.15, 0.2) is 0 Å². The predicted molar refractivity (Wildman–Crippen MR) is 124 cm³/mol. The summed E-state index contributed by atoms with van der Waals surface area (Å²) in [5, 5.41) is 8.24. The molecule has 178 valence electrons. The van der Waals surface area contributed by atoms with Crippen LogP contribution >= 0.6 is 0 Å². The summed E-state index contributed by atoms with van der Waals surface area (Å²) in [6.45, 7) is 0.895. The summed E-state index contributed by atoms with van der Waals surface area (Å²) in [4.78, 5) is 51.8. The van der Waals surface area contributed by atoms with E-state index >= 15 is 0 Å². The average molecular weight is 468 g/mol. The molecule has 0 aliphatic heterocycles. The number of H-pyrrole nitrogens is 1. The van der Waals surface area contributed by atoms with Gasteiger partial charge in [0.2, 0.25) is 23.6 Å². The first-order valence-electron chi connectivity index (χ1n) is 10.7. The highest BCUT2D eigenvalue weighted by Crippen LogP contribution is 2.21. The molecule has 3 aromatic rings. The Morgan fingerprint density at radius 3 is 2.35 bits per heavy atom. The van der Waals surface area contributed by atoms with E-state index in [9.17, 15) is 23.6 Å². The van der Waals surface area contributed by atoms with Gasteiger partial charge in [-0.1, -0.05) is 30.3 Å². The SMILES string of the molecule is CC(=O)N[C@H](Cc1c[nH]c2ccc(F)cc12)C(=O)N[C@@H](Cc1ccccc1)C(=O)NCC(N)=O. The monoisotopic (exact) mass is 467 g/mol. The molecule has 0 fully saturated rings. The Labute approximate surface area is 195 Å². The fourth-order valence-corrected chi connectivity index (χ4v) is 3.62. The van der Waals surface area contributed by atoms with Gasteiger partial charge < -0.3 is 26.7 Å². The Kier molecular flexibility index (Phi) is 7.96. The molecule has 0 saturated carbocycles. The third-order valence-electron chi connectivity index (χ3n) is 5.20. The third-order valence-corrected chi connectivity index (χ3v) is 5.20. The summed E-state index contributed by atoms with van der Waals surface area (Å²) in [7, 11) is 0. The van der Waals surface area contributed by atoms with Gasteiger partial charge in [0.1, 0.15) is 17.9 Å². The number of carbonyl (C=O) groups is 4. The Balaban J connectivity index is 1.81. The Bertz CT molecular complexity index is 1190. The predicted octanol–water partition coefficient (Wildman–Crippen LogP) is 0.683. The van der Waals surface area contributed by atoms with Crippen LogP contribution in [0.3, 0.4) is 0 Å². The van der Waals surface area contributed by atoms with Crippen LogP contribution in [0.5, 0.6) is 0 Å². The lowest BCUT2D eigenvalue weighted by Gasteiger charge is -2.23. The zero-order chi connectivity index (χ0) is 24.7. The normalized spacial score (nSPS) is 12.5. The summed E-state index contributed by atoms with van der Waals surface area (Å²) < 4.78 is 13.8. The minimum absolute atomic E-state index is 0.0653. The number of nitrogens with two attached hydrogens (primary N) is 1. The Hall–Kier alpha value is -4.21. The molecule has 0 aliphatic carbocycles. The zero-order valence-electron chi connectivity index (χ0n) is 18.6. The smallest absolute Gasteiger partial charge is 0.243 e. The maximum Gasteiger partial charge on any atom is 0.243 e. The maximum atomic E-state index is 13.8. The molecule has 10 heteroatoms. The van der Waals surface area contributed by atoms with Crippen molar-refractivity contribution >= 4 is 34.5 Å².